The fraction of sp³-hybridized carbons (Fsp3) is 0.167. The van der Waals surface area contributed by atoms with Crippen molar-refractivity contribution in [3.63, 3.8) is 0 Å². The molecule has 2 N–H and O–H groups in total. The molecule has 26 heavy (non-hydrogen) atoms. The molecule has 2 heterocycles. The average Bonchev–Trinajstić information content (AvgIpc) is 3.30. The van der Waals surface area contributed by atoms with E-state index < -0.39 is 0 Å². The summed E-state index contributed by atoms with van der Waals surface area (Å²) in [5, 5.41) is 9.50. The number of rotatable bonds is 6. The fourth-order valence-electron chi connectivity index (χ4n) is 2.40. The van der Waals surface area contributed by atoms with Crippen LogP contribution < -0.4 is 15.4 Å². The first-order valence-corrected chi connectivity index (χ1v) is 7.86. The molecule has 0 aliphatic heterocycles. The highest BCUT2D eigenvalue weighted by Crippen LogP contribution is 2.17. The van der Waals surface area contributed by atoms with Crippen molar-refractivity contribution in [3.8, 4) is 5.75 Å². The number of furan rings is 1. The number of aryl methyl sites for hydroxylation is 1. The van der Waals surface area contributed by atoms with Gasteiger partial charge in [-0.25, -0.2) is 0 Å². The minimum atomic E-state index is -0.369. The summed E-state index contributed by atoms with van der Waals surface area (Å²) in [6, 6.07) is 10.2. The predicted octanol–water partition coefficient (Wildman–Crippen LogP) is 2.20. The summed E-state index contributed by atoms with van der Waals surface area (Å²) in [6.45, 7) is 0.239. The van der Waals surface area contributed by atoms with Crippen LogP contribution in [0.15, 0.2) is 53.3 Å². The van der Waals surface area contributed by atoms with Crippen molar-refractivity contribution in [1.82, 2.24) is 15.1 Å². The Morgan fingerprint density at radius 3 is 2.62 bits per heavy atom. The van der Waals surface area contributed by atoms with E-state index in [1.807, 2.05) is 0 Å². The zero-order valence-electron chi connectivity index (χ0n) is 14.4. The van der Waals surface area contributed by atoms with E-state index in [-0.39, 0.29) is 24.1 Å². The minimum absolute atomic E-state index is 0.239. The summed E-state index contributed by atoms with van der Waals surface area (Å²) in [5.41, 5.74) is 1.01. The smallest absolute Gasteiger partial charge is 0.272 e. The Morgan fingerprint density at radius 2 is 1.96 bits per heavy atom. The number of carbonyl (C=O) groups excluding carboxylic acids is 2. The molecule has 0 spiro atoms. The highest BCUT2D eigenvalue weighted by atomic mass is 16.5. The molecule has 0 saturated carbocycles. The summed E-state index contributed by atoms with van der Waals surface area (Å²) in [6.07, 6.45) is 2.97. The van der Waals surface area contributed by atoms with Crippen LogP contribution >= 0.6 is 0 Å². The number of nitrogens with one attached hydrogen (secondary N) is 2. The number of carbonyl (C=O) groups is 2. The fourth-order valence-corrected chi connectivity index (χ4v) is 2.40. The van der Waals surface area contributed by atoms with E-state index in [9.17, 15) is 9.59 Å². The van der Waals surface area contributed by atoms with Gasteiger partial charge in [0, 0.05) is 12.6 Å². The molecule has 0 unspecified atom stereocenters. The van der Waals surface area contributed by atoms with E-state index in [2.05, 4.69) is 15.7 Å². The summed E-state index contributed by atoms with van der Waals surface area (Å²) in [5.74, 6) is 0.567. The molecule has 2 amide bonds. The number of amides is 2. The third kappa shape index (κ3) is 3.75. The topological polar surface area (TPSA) is 98.4 Å². The van der Waals surface area contributed by atoms with Gasteiger partial charge in [0.05, 0.1) is 31.8 Å². The largest absolute Gasteiger partial charge is 0.497 e. The second kappa shape index (κ2) is 7.56. The molecule has 0 aliphatic carbocycles. The summed E-state index contributed by atoms with van der Waals surface area (Å²) < 4.78 is 11.7. The van der Waals surface area contributed by atoms with E-state index in [1.54, 1.807) is 50.6 Å². The molecule has 3 aromatic rings. The molecule has 134 valence electrons. The summed E-state index contributed by atoms with van der Waals surface area (Å²) in [7, 11) is 3.18. The van der Waals surface area contributed by atoms with Gasteiger partial charge in [0.2, 0.25) is 0 Å². The Balaban J connectivity index is 1.72. The number of nitrogens with zero attached hydrogens (tertiary/aromatic N) is 2. The first kappa shape index (κ1) is 17.3. The van der Waals surface area contributed by atoms with Crippen LogP contribution in [0.2, 0.25) is 0 Å². The lowest BCUT2D eigenvalue weighted by Crippen LogP contribution is -2.26. The van der Waals surface area contributed by atoms with Crippen LogP contribution in [-0.2, 0) is 13.6 Å². The molecule has 3 rings (SSSR count). The Morgan fingerprint density at radius 1 is 1.19 bits per heavy atom. The Bertz CT molecular complexity index is 898. The standard InChI is InChI=1S/C18H18N4O4/c1-22-16(18(24)19-10-14-4-3-9-26-14)15(11-20-22)21-17(23)12-5-7-13(25-2)8-6-12/h3-9,11H,10H2,1-2H3,(H,19,24)(H,21,23). The van der Waals surface area contributed by atoms with Crippen molar-refractivity contribution in [2.24, 2.45) is 7.05 Å². The molecule has 0 bridgehead atoms. The van der Waals surface area contributed by atoms with Gasteiger partial charge in [0.15, 0.2) is 0 Å². The molecule has 8 nitrogen and oxygen atoms in total. The van der Waals surface area contributed by atoms with Crippen LogP contribution in [0.5, 0.6) is 5.75 Å². The predicted molar refractivity (Wildman–Crippen MR) is 94.0 cm³/mol. The van der Waals surface area contributed by atoms with Gasteiger partial charge in [-0.1, -0.05) is 0 Å². The molecule has 8 heteroatoms. The SMILES string of the molecule is COc1ccc(C(=O)Nc2cnn(C)c2C(=O)NCc2ccco2)cc1. The van der Waals surface area contributed by atoms with Gasteiger partial charge in [-0.05, 0) is 36.4 Å². The minimum Gasteiger partial charge on any atom is -0.497 e. The van der Waals surface area contributed by atoms with E-state index in [0.717, 1.165) is 0 Å². The second-order valence-corrected chi connectivity index (χ2v) is 5.48. The third-order valence-electron chi connectivity index (χ3n) is 3.76. The monoisotopic (exact) mass is 354 g/mol. The molecule has 1 aromatic carbocycles. The van der Waals surface area contributed by atoms with Crippen molar-refractivity contribution in [2.45, 2.75) is 6.54 Å². The van der Waals surface area contributed by atoms with Gasteiger partial charge in [0.1, 0.15) is 17.2 Å². The van der Waals surface area contributed by atoms with Gasteiger partial charge < -0.3 is 19.8 Å². The molecule has 2 aromatic heterocycles. The average molecular weight is 354 g/mol. The lowest BCUT2D eigenvalue weighted by molar-refractivity contribution is 0.0939. The number of aromatic nitrogens is 2. The van der Waals surface area contributed by atoms with Crippen LogP contribution in [0, 0.1) is 0 Å². The molecule has 0 atom stereocenters. The first-order chi connectivity index (χ1) is 12.6. The van der Waals surface area contributed by atoms with E-state index in [1.165, 1.54) is 17.1 Å². The van der Waals surface area contributed by atoms with E-state index in [0.29, 0.717) is 22.8 Å². The second-order valence-electron chi connectivity index (χ2n) is 5.48. The first-order valence-electron chi connectivity index (χ1n) is 7.86. The Labute approximate surface area is 149 Å². The normalized spacial score (nSPS) is 10.4. The van der Waals surface area contributed by atoms with Crippen molar-refractivity contribution in [2.75, 3.05) is 12.4 Å². The van der Waals surface area contributed by atoms with E-state index in [4.69, 9.17) is 9.15 Å². The van der Waals surface area contributed by atoms with E-state index >= 15 is 0 Å². The van der Waals surface area contributed by atoms with Crippen LogP contribution in [0.25, 0.3) is 0 Å². The zero-order chi connectivity index (χ0) is 18.5. The van der Waals surface area contributed by atoms with Crippen molar-refractivity contribution >= 4 is 17.5 Å². The van der Waals surface area contributed by atoms with Crippen molar-refractivity contribution in [1.29, 1.82) is 0 Å². The lowest BCUT2D eigenvalue weighted by Gasteiger charge is -2.08. The summed E-state index contributed by atoms with van der Waals surface area (Å²) in [4.78, 5) is 24.9. The maximum absolute atomic E-state index is 12.5. The number of ether oxygens (including phenoxy) is 1. The van der Waals surface area contributed by atoms with Crippen LogP contribution in [0.3, 0.4) is 0 Å². The van der Waals surface area contributed by atoms with Crippen molar-refractivity contribution < 1.29 is 18.7 Å². The third-order valence-corrected chi connectivity index (χ3v) is 3.76. The highest BCUT2D eigenvalue weighted by molar-refractivity contribution is 6.08. The number of benzene rings is 1. The highest BCUT2D eigenvalue weighted by Gasteiger charge is 2.19. The van der Waals surface area contributed by atoms with Gasteiger partial charge in [0.25, 0.3) is 11.8 Å². The quantitative estimate of drug-likeness (QED) is 0.707. The van der Waals surface area contributed by atoms with Gasteiger partial charge in [-0.2, -0.15) is 5.10 Å². The Hall–Kier alpha value is -3.55. The zero-order valence-corrected chi connectivity index (χ0v) is 14.4. The Kier molecular flexibility index (Phi) is 5.02. The number of hydrogen-bond acceptors (Lipinski definition) is 5. The molecule has 0 aliphatic rings. The maximum atomic E-state index is 12.5. The molecular weight excluding hydrogens is 336 g/mol. The molecule has 0 radical (unpaired) electrons. The molecular formula is C18H18N4O4. The van der Waals surface area contributed by atoms with Crippen LogP contribution in [0.4, 0.5) is 5.69 Å². The van der Waals surface area contributed by atoms with Crippen LogP contribution in [-0.4, -0.2) is 28.7 Å². The number of anilines is 1. The molecule has 0 fully saturated rings. The summed E-state index contributed by atoms with van der Waals surface area (Å²) >= 11 is 0. The van der Waals surface area contributed by atoms with Gasteiger partial charge in [-0.3, -0.25) is 14.3 Å². The maximum Gasteiger partial charge on any atom is 0.272 e. The number of methoxy groups -OCH3 is 1. The van der Waals surface area contributed by atoms with Gasteiger partial charge >= 0.3 is 0 Å². The number of hydrogen-bond donors (Lipinski definition) is 2. The lowest BCUT2D eigenvalue weighted by atomic mass is 10.2. The van der Waals surface area contributed by atoms with Gasteiger partial charge in [-0.15, -0.1) is 0 Å². The molecule has 0 saturated heterocycles. The van der Waals surface area contributed by atoms with Crippen molar-refractivity contribution in [3.05, 3.63) is 65.9 Å². The van der Waals surface area contributed by atoms with Crippen LogP contribution in [0.1, 0.15) is 26.6 Å².